The van der Waals surface area contributed by atoms with Gasteiger partial charge in [0.05, 0.1) is 0 Å². The molecule has 0 unspecified atom stereocenters. The van der Waals surface area contributed by atoms with Crippen molar-refractivity contribution >= 4 is 5.78 Å². The number of hydrogen-bond donors (Lipinski definition) is 1. The highest BCUT2D eigenvalue weighted by atomic mass is 16.1. The zero-order valence-corrected chi connectivity index (χ0v) is 10.2. The number of nitrogens with two attached hydrogens (primary N) is 1. The maximum atomic E-state index is 12.0. The summed E-state index contributed by atoms with van der Waals surface area (Å²) in [7, 11) is 0. The van der Waals surface area contributed by atoms with Gasteiger partial charge in [0.15, 0.2) is 5.78 Å². The maximum Gasteiger partial charge on any atom is 0.163 e. The molecule has 16 heavy (non-hydrogen) atoms. The second kappa shape index (κ2) is 6.44. The van der Waals surface area contributed by atoms with Crippen molar-refractivity contribution in [1.82, 2.24) is 0 Å². The van der Waals surface area contributed by atoms with E-state index < -0.39 is 0 Å². The van der Waals surface area contributed by atoms with E-state index in [2.05, 4.69) is 13.8 Å². The molecule has 1 aromatic carbocycles. The molecule has 0 saturated carbocycles. The zero-order valence-electron chi connectivity index (χ0n) is 10.2. The van der Waals surface area contributed by atoms with E-state index >= 15 is 0 Å². The van der Waals surface area contributed by atoms with Crippen LogP contribution in [0.4, 0.5) is 0 Å². The van der Waals surface area contributed by atoms with Crippen molar-refractivity contribution in [3.05, 3.63) is 35.4 Å². The van der Waals surface area contributed by atoms with E-state index in [4.69, 9.17) is 5.73 Å². The van der Waals surface area contributed by atoms with E-state index in [1.807, 2.05) is 24.3 Å². The lowest BCUT2D eigenvalue weighted by Crippen LogP contribution is -2.09. The van der Waals surface area contributed by atoms with Gasteiger partial charge in [-0.2, -0.15) is 0 Å². The van der Waals surface area contributed by atoms with Gasteiger partial charge in [0, 0.05) is 12.0 Å². The lowest BCUT2D eigenvalue weighted by Gasteiger charge is -2.08. The van der Waals surface area contributed by atoms with E-state index in [1.54, 1.807) is 0 Å². The third kappa shape index (κ3) is 3.78. The first kappa shape index (κ1) is 12.9. The molecule has 2 nitrogen and oxygen atoms in total. The highest BCUT2D eigenvalue weighted by Crippen LogP contribution is 2.14. The van der Waals surface area contributed by atoms with Crippen molar-refractivity contribution in [2.75, 3.05) is 6.54 Å². The number of benzene rings is 1. The Morgan fingerprint density at radius 3 is 2.62 bits per heavy atom. The van der Waals surface area contributed by atoms with E-state index in [-0.39, 0.29) is 5.78 Å². The molecular formula is C14H21NO. The Balaban J connectivity index is 2.73. The Hall–Kier alpha value is -1.15. The van der Waals surface area contributed by atoms with Gasteiger partial charge in [-0.25, -0.2) is 0 Å². The second-order valence-electron chi connectivity index (χ2n) is 4.55. The monoisotopic (exact) mass is 219 g/mol. The van der Waals surface area contributed by atoms with Crippen LogP contribution in [0.15, 0.2) is 24.3 Å². The lowest BCUT2D eigenvalue weighted by molar-refractivity contribution is 0.0974. The van der Waals surface area contributed by atoms with Crippen molar-refractivity contribution in [2.45, 2.75) is 33.1 Å². The molecule has 0 aliphatic heterocycles. The molecule has 1 rings (SSSR count). The molecule has 0 fully saturated rings. The molecule has 0 amide bonds. The van der Waals surface area contributed by atoms with Gasteiger partial charge in [0.1, 0.15) is 0 Å². The molecule has 0 bridgehead atoms. The molecule has 1 aromatic rings. The van der Waals surface area contributed by atoms with Crippen LogP contribution in [0.2, 0.25) is 0 Å². The average Bonchev–Trinajstić information content (AvgIpc) is 2.27. The van der Waals surface area contributed by atoms with Crippen LogP contribution >= 0.6 is 0 Å². The molecule has 0 aromatic heterocycles. The summed E-state index contributed by atoms with van der Waals surface area (Å²) in [6.07, 6.45) is 2.37. The number of Topliss-reactive ketones (excluding diaryl/α,β-unsaturated/α-hetero) is 1. The van der Waals surface area contributed by atoms with Crippen LogP contribution in [0.3, 0.4) is 0 Å². The fourth-order valence-electron chi connectivity index (χ4n) is 1.72. The topological polar surface area (TPSA) is 43.1 Å². The highest BCUT2D eigenvalue weighted by Gasteiger charge is 2.10. The zero-order chi connectivity index (χ0) is 12.0. The van der Waals surface area contributed by atoms with Crippen molar-refractivity contribution in [1.29, 1.82) is 0 Å². The van der Waals surface area contributed by atoms with Crippen LogP contribution in [0.5, 0.6) is 0 Å². The quantitative estimate of drug-likeness (QED) is 0.748. The second-order valence-corrected chi connectivity index (χ2v) is 4.55. The average molecular weight is 219 g/mol. The summed E-state index contributed by atoms with van der Waals surface area (Å²) in [5, 5.41) is 0. The fraction of sp³-hybridized carbons (Fsp3) is 0.500. The summed E-state index contributed by atoms with van der Waals surface area (Å²) in [5.41, 5.74) is 7.48. The van der Waals surface area contributed by atoms with Gasteiger partial charge in [-0.3, -0.25) is 4.79 Å². The first-order chi connectivity index (χ1) is 7.65. The van der Waals surface area contributed by atoms with Crippen LogP contribution in [0.25, 0.3) is 0 Å². The predicted octanol–water partition coefficient (Wildman–Crippen LogP) is 2.81. The number of hydrogen-bond acceptors (Lipinski definition) is 2. The van der Waals surface area contributed by atoms with Crippen LogP contribution in [0, 0.1) is 5.92 Å². The van der Waals surface area contributed by atoms with Gasteiger partial charge < -0.3 is 5.73 Å². The van der Waals surface area contributed by atoms with Gasteiger partial charge in [-0.1, -0.05) is 38.1 Å². The van der Waals surface area contributed by atoms with Gasteiger partial charge in [0.2, 0.25) is 0 Å². The van der Waals surface area contributed by atoms with Crippen molar-refractivity contribution in [3.8, 4) is 0 Å². The Kier molecular flexibility index (Phi) is 5.20. The first-order valence-electron chi connectivity index (χ1n) is 5.96. The van der Waals surface area contributed by atoms with Crippen LogP contribution in [-0.4, -0.2) is 12.3 Å². The summed E-state index contributed by atoms with van der Waals surface area (Å²) >= 11 is 0. The molecule has 0 radical (unpaired) electrons. The summed E-state index contributed by atoms with van der Waals surface area (Å²) in [6, 6.07) is 7.79. The Morgan fingerprint density at radius 2 is 2.00 bits per heavy atom. The van der Waals surface area contributed by atoms with Gasteiger partial charge in [-0.15, -0.1) is 0 Å². The standard InChI is InChI=1S/C14H21NO/c1-11(2)7-8-14(16)13-6-4-3-5-12(13)9-10-15/h3-6,11H,7-10,15H2,1-2H3. The van der Waals surface area contributed by atoms with Gasteiger partial charge >= 0.3 is 0 Å². The molecule has 0 atom stereocenters. The molecule has 2 N–H and O–H groups in total. The normalized spacial score (nSPS) is 10.8. The summed E-state index contributed by atoms with van der Waals surface area (Å²) in [5.74, 6) is 0.823. The molecule has 0 heterocycles. The van der Waals surface area contributed by atoms with E-state index in [1.165, 1.54) is 0 Å². The largest absolute Gasteiger partial charge is 0.330 e. The smallest absolute Gasteiger partial charge is 0.163 e. The van der Waals surface area contributed by atoms with Crippen LogP contribution in [0.1, 0.15) is 42.6 Å². The molecule has 0 aliphatic rings. The maximum absolute atomic E-state index is 12.0. The minimum atomic E-state index is 0.248. The number of rotatable bonds is 6. The third-order valence-electron chi connectivity index (χ3n) is 2.68. The molecular weight excluding hydrogens is 198 g/mol. The lowest BCUT2D eigenvalue weighted by atomic mass is 9.96. The SMILES string of the molecule is CC(C)CCC(=O)c1ccccc1CCN. The molecule has 0 aliphatic carbocycles. The van der Waals surface area contributed by atoms with Crippen molar-refractivity contribution in [2.24, 2.45) is 11.7 Å². The Labute approximate surface area is 97.9 Å². The van der Waals surface area contributed by atoms with Crippen LogP contribution in [-0.2, 0) is 6.42 Å². The Morgan fingerprint density at radius 1 is 1.31 bits per heavy atom. The number of carbonyl (C=O) groups excluding carboxylic acids is 1. The van der Waals surface area contributed by atoms with Gasteiger partial charge in [0.25, 0.3) is 0 Å². The molecule has 0 spiro atoms. The van der Waals surface area contributed by atoms with Crippen LogP contribution < -0.4 is 5.73 Å². The predicted molar refractivity (Wildman–Crippen MR) is 67.6 cm³/mol. The van der Waals surface area contributed by atoms with Gasteiger partial charge in [-0.05, 0) is 30.9 Å². The molecule has 2 heteroatoms. The first-order valence-corrected chi connectivity index (χ1v) is 5.96. The van der Waals surface area contributed by atoms with Crippen molar-refractivity contribution in [3.63, 3.8) is 0 Å². The minimum Gasteiger partial charge on any atom is -0.330 e. The summed E-state index contributed by atoms with van der Waals surface area (Å²) < 4.78 is 0. The molecule has 0 saturated heterocycles. The molecule has 88 valence electrons. The minimum absolute atomic E-state index is 0.248. The number of ketones is 1. The van der Waals surface area contributed by atoms with E-state index in [9.17, 15) is 4.79 Å². The van der Waals surface area contributed by atoms with Crippen molar-refractivity contribution < 1.29 is 4.79 Å². The third-order valence-corrected chi connectivity index (χ3v) is 2.68. The number of carbonyl (C=O) groups is 1. The van der Waals surface area contributed by atoms with E-state index in [0.717, 1.165) is 24.0 Å². The summed E-state index contributed by atoms with van der Waals surface area (Å²) in [6.45, 7) is 4.87. The Bertz CT molecular complexity index is 344. The van der Waals surface area contributed by atoms with E-state index in [0.29, 0.717) is 18.9 Å². The summed E-state index contributed by atoms with van der Waals surface area (Å²) in [4.78, 5) is 12.0. The highest BCUT2D eigenvalue weighted by molar-refractivity contribution is 5.97. The fourth-order valence-corrected chi connectivity index (χ4v) is 1.72.